The number of urea groups is 1. The van der Waals surface area contributed by atoms with Crippen molar-refractivity contribution in [3.8, 4) is 0 Å². The molecule has 1 saturated heterocycles. The Kier molecular flexibility index (Phi) is 3.86. The second-order valence-corrected chi connectivity index (χ2v) is 6.73. The standard InChI is InChI=1S/C11H14ClN3O3S/c12-8-1-2-9(13)10(7-8)19(17,18)6-5-15-4-3-14-11(15)16/h1-2,7H,3-6,13H2,(H,14,16). The summed E-state index contributed by atoms with van der Waals surface area (Å²) in [5.74, 6) is -0.176. The zero-order valence-corrected chi connectivity index (χ0v) is 11.7. The number of halogens is 1. The van der Waals surface area contributed by atoms with Crippen molar-refractivity contribution in [2.45, 2.75) is 4.90 Å². The molecule has 0 saturated carbocycles. The first-order valence-electron chi connectivity index (χ1n) is 5.71. The van der Waals surface area contributed by atoms with Crippen LogP contribution in [0.25, 0.3) is 0 Å². The highest BCUT2D eigenvalue weighted by Crippen LogP contribution is 2.23. The molecule has 0 aromatic heterocycles. The first-order valence-corrected chi connectivity index (χ1v) is 7.74. The predicted octanol–water partition coefficient (Wildman–Crippen LogP) is 0.721. The number of carbonyl (C=O) groups excluding carboxylic acids is 1. The molecular formula is C11H14ClN3O3S. The number of hydrogen-bond donors (Lipinski definition) is 2. The van der Waals surface area contributed by atoms with Crippen LogP contribution < -0.4 is 11.1 Å². The Bertz CT molecular complexity index is 603. The number of sulfone groups is 1. The molecule has 2 amide bonds. The Hall–Kier alpha value is -1.47. The number of benzene rings is 1. The van der Waals surface area contributed by atoms with E-state index in [2.05, 4.69) is 5.32 Å². The molecule has 0 bridgehead atoms. The van der Waals surface area contributed by atoms with Crippen molar-refractivity contribution >= 4 is 33.2 Å². The van der Waals surface area contributed by atoms with Gasteiger partial charge in [-0.05, 0) is 18.2 Å². The van der Waals surface area contributed by atoms with E-state index >= 15 is 0 Å². The molecule has 8 heteroatoms. The second-order valence-electron chi connectivity index (χ2n) is 4.22. The first-order chi connectivity index (χ1) is 8.90. The lowest BCUT2D eigenvalue weighted by molar-refractivity contribution is 0.220. The number of anilines is 1. The van der Waals surface area contributed by atoms with E-state index in [1.54, 1.807) is 0 Å². The molecule has 6 nitrogen and oxygen atoms in total. The molecule has 19 heavy (non-hydrogen) atoms. The summed E-state index contributed by atoms with van der Waals surface area (Å²) in [6.45, 7) is 1.19. The maximum Gasteiger partial charge on any atom is 0.317 e. The fourth-order valence-electron chi connectivity index (χ4n) is 1.84. The maximum absolute atomic E-state index is 12.2. The van der Waals surface area contributed by atoms with Crippen LogP contribution in [0.2, 0.25) is 5.02 Å². The van der Waals surface area contributed by atoms with Crippen molar-refractivity contribution in [3.63, 3.8) is 0 Å². The molecule has 3 N–H and O–H groups in total. The van der Waals surface area contributed by atoms with E-state index in [0.717, 1.165) is 0 Å². The summed E-state index contributed by atoms with van der Waals surface area (Å²) < 4.78 is 24.3. The lowest BCUT2D eigenvalue weighted by Crippen LogP contribution is -2.32. The molecule has 1 aromatic rings. The summed E-state index contributed by atoms with van der Waals surface area (Å²) in [7, 11) is -3.56. The normalized spacial score (nSPS) is 15.6. The molecule has 2 rings (SSSR count). The molecule has 1 fully saturated rings. The van der Waals surface area contributed by atoms with Crippen LogP contribution >= 0.6 is 11.6 Å². The summed E-state index contributed by atoms with van der Waals surface area (Å²) in [5.41, 5.74) is 5.82. The van der Waals surface area contributed by atoms with Crippen LogP contribution in [0.5, 0.6) is 0 Å². The van der Waals surface area contributed by atoms with Crippen LogP contribution in [0.1, 0.15) is 0 Å². The molecule has 0 atom stereocenters. The summed E-state index contributed by atoms with van der Waals surface area (Å²) in [5, 5.41) is 2.92. The maximum atomic E-state index is 12.2. The SMILES string of the molecule is Nc1ccc(Cl)cc1S(=O)(=O)CCN1CCNC1=O. The van der Waals surface area contributed by atoms with Gasteiger partial charge in [-0.2, -0.15) is 0 Å². The molecule has 1 aliphatic rings. The molecule has 104 valence electrons. The number of amides is 2. The average molecular weight is 304 g/mol. The van der Waals surface area contributed by atoms with Crippen molar-refractivity contribution in [1.82, 2.24) is 10.2 Å². The zero-order chi connectivity index (χ0) is 14.0. The Morgan fingerprint density at radius 1 is 1.42 bits per heavy atom. The Balaban J connectivity index is 2.14. The number of hydrogen-bond acceptors (Lipinski definition) is 4. The molecule has 1 aromatic carbocycles. The smallest absolute Gasteiger partial charge is 0.317 e. The molecule has 0 unspecified atom stereocenters. The molecule has 0 radical (unpaired) electrons. The number of nitrogens with one attached hydrogen (secondary N) is 1. The fourth-order valence-corrected chi connectivity index (χ4v) is 3.49. The van der Waals surface area contributed by atoms with E-state index in [4.69, 9.17) is 17.3 Å². The van der Waals surface area contributed by atoms with Crippen LogP contribution in [-0.4, -0.2) is 44.7 Å². The van der Waals surface area contributed by atoms with Gasteiger partial charge in [-0.15, -0.1) is 0 Å². The van der Waals surface area contributed by atoms with E-state index in [0.29, 0.717) is 18.1 Å². The van der Waals surface area contributed by atoms with Gasteiger partial charge in [-0.1, -0.05) is 11.6 Å². The van der Waals surface area contributed by atoms with Gasteiger partial charge in [-0.3, -0.25) is 0 Å². The summed E-state index contributed by atoms with van der Waals surface area (Å²) >= 11 is 5.78. The van der Waals surface area contributed by atoms with E-state index in [9.17, 15) is 13.2 Å². The summed E-state index contributed by atoms with van der Waals surface area (Å²) in [6.07, 6.45) is 0. The highest BCUT2D eigenvalue weighted by Gasteiger charge is 2.24. The number of carbonyl (C=O) groups is 1. The third kappa shape index (κ3) is 3.10. The number of nitrogens with zero attached hydrogens (tertiary/aromatic N) is 1. The van der Waals surface area contributed by atoms with E-state index in [-0.39, 0.29) is 28.9 Å². The highest BCUT2D eigenvalue weighted by molar-refractivity contribution is 7.91. The third-order valence-corrected chi connectivity index (χ3v) is 4.86. The van der Waals surface area contributed by atoms with E-state index in [1.165, 1.54) is 23.1 Å². The van der Waals surface area contributed by atoms with Crippen molar-refractivity contribution in [1.29, 1.82) is 0 Å². The van der Waals surface area contributed by atoms with Crippen LogP contribution in [0.15, 0.2) is 23.1 Å². The van der Waals surface area contributed by atoms with E-state index < -0.39 is 9.84 Å². The average Bonchev–Trinajstić information content (AvgIpc) is 2.75. The van der Waals surface area contributed by atoms with Gasteiger partial charge in [0, 0.05) is 24.7 Å². The second kappa shape index (κ2) is 5.26. The third-order valence-electron chi connectivity index (χ3n) is 2.89. The summed E-state index contributed by atoms with van der Waals surface area (Å²) in [4.78, 5) is 12.8. The Morgan fingerprint density at radius 2 is 2.16 bits per heavy atom. The monoisotopic (exact) mass is 303 g/mol. The Morgan fingerprint density at radius 3 is 2.79 bits per heavy atom. The van der Waals surface area contributed by atoms with Crippen molar-refractivity contribution in [2.75, 3.05) is 31.1 Å². The minimum Gasteiger partial charge on any atom is -0.398 e. The van der Waals surface area contributed by atoms with Crippen LogP contribution in [-0.2, 0) is 9.84 Å². The van der Waals surface area contributed by atoms with Crippen LogP contribution in [0.4, 0.5) is 10.5 Å². The number of nitrogen functional groups attached to an aromatic ring is 1. The highest BCUT2D eigenvalue weighted by atomic mass is 35.5. The quantitative estimate of drug-likeness (QED) is 0.802. The summed E-state index contributed by atoms with van der Waals surface area (Å²) in [6, 6.07) is 4.08. The van der Waals surface area contributed by atoms with Gasteiger partial charge in [0.25, 0.3) is 0 Å². The Labute approximate surface area is 116 Å². The van der Waals surface area contributed by atoms with Gasteiger partial charge >= 0.3 is 6.03 Å². The van der Waals surface area contributed by atoms with Gasteiger partial charge < -0.3 is 16.0 Å². The van der Waals surface area contributed by atoms with Crippen molar-refractivity contribution in [3.05, 3.63) is 23.2 Å². The van der Waals surface area contributed by atoms with E-state index in [1.807, 2.05) is 0 Å². The lowest BCUT2D eigenvalue weighted by Gasteiger charge is -2.14. The minimum absolute atomic E-state index is 0.0135. The number of nitrogens with two attached hydrogens (primary N) is 1. The van der Waals surface area contributed by atoms with Crippen LogP contribution in [0.3, 0.4) is 0 Å². The van der Waals surface area contributed by atoms with Crippen molar-refractivity contribution < 1.29 is 13.2 Å². The van der Waals surface area contributed by atoms with Gasteiger partial charge in [-0.25, -0.2) is 13.2 Å². The molecule has 0 spiro atoms. The van der Waals surface area contributed by atoms with Gasteiger partial charge in [0.2, 0.25) is 0 Å². The largest absolute Gasteiger partial charge is 0.398 e. The van der Waals surface area contributed by atoms with Crippen molar-refractivity contribution in [2.24, 2.45) is 0 Å². The molecule has 1 aliphatic heterocycles. The van der Waals surface area contributed by atoms with Gasteiger partial charge in [0.1, 0.15) is 0 Å². The molecule has 0 aliphatic carbocycles. The lowest BCUT2D eigenvalue weighted by atomic mass is 10.3. The van der Waals surface area contributed by atoms with Gasteiger partial charge in [0.15, 0.2) is 9.84 Å². The molecular weight excluding hydrogens is 290 g/mol. The molecule has 1 heterocycles. The predicted molar refractivity (Wildman–Crippen MR) is 72.9 cm³/mol. The topological polar surface area (TPSA) is 92.5 Å². The first kappa shape index (κ1) is 14.0. The van der Waals surface area contributed by atoms with Gasteiger partial charge in [0.05, 0.1) is 16.3 Å². The van der Waals surface area contributed by atoms with Crippen LogP contribution in [0, 0.1) is 0 Å². The number of rotatable bonds is 4. The zero-order valence-electron chi connectivity index (χ0n) is 10.1. The minimum atomic E-state index is -3.56. The fraction of sp³-hybridized carbons (Fsp3) is 0.364.